The van der Waals surface area contributed by atoms with E-state index in [2.05, 4.69) is 4.74 Å². The maximum Gasteiger partial charge on any atom is 0.373 e. The van der Waals surface area contributed by atoms with Crippen molar-refractivity contribution < 1.29 is 23.5 Å². The molecule has 0 radical (unpaired) electrons. The molecule has 1 aliphatic rings. The zero-order valence-corrected chi connectivity index (χ0v) is 16.8. The molecule has 0 atom stereocenters. The first-order chi connectivity index (χ1) is 14.5. The molecular formula is C23H17NO5S. The summed E-state index contributed by atoms with van der Waals surface area (Å²) in [6.07, 6.45) is 1.70. The Morgan fingerprint density at radius 1 is 1.00 bits per heavy atom. The maximum absolute atomic E-state index is 12.7. The van der Waals surface area contributed by atoms with Gasteiger partial charge in [-0.1, -0.05) is 54.6 Å². The zero-order valence-electron chi connectivity index (χ0n) is 16.0. The Labute approximate surface area is 177 Å². The van der Waals surface area contributed by atoms with Crippen molar-refractivity contribution in [2.75, 3.05) is 7.11 Å². The Balaban J connectivity index is 1.49. The zero-order chi connectivity index (χ0) is 21.1. The molecule has 1 fully saturated rings. The molecule has 0 unspecified atom stereocenters. The number of esters is 1. The van der Waals surface area contributed by atoms with Gasteiger partial charge in [-0.2, -0.15) is 0 Å². The predicted molar refractivity (Wildman–Crippen MR) is 113 cm³/mol. The normalized spacial score (nSPS) is 15.1. The Bertz CT molecular complexity index is 1130. The molecule has 150 valence electrons. The van der Waals surface area contributed by atoms with Crippen LogP contribution >= 0.6 is 11.8 Å². The Morgan fingerprint density at radius 2 is 1.70 bits per heavy atom. The minimum Gasteiger partial charge on any atom is -0.463 e. The van der Waals surface area contributed by atoms with Crippen LogP contribution < -0.4 is 0 Å². The second-order valence-electron chi connectivity index (χ2n) is 6.51. The molecule has 2 amide bonds. The SMILES string of the molecule is COC(=O)c1ccc(CN2C(=O)SC(=Cc3ccc(-c4ccccc4)cc3)C2=O)o1. The quantitative estimate of drug-likeness (QED) is 0.429. The molecule has 1 aromatic heterocycles. The molecule has 0 aliphatic carbocycles. The highest BCUT2D eigenvalue weighted by molar-refractivity contribution is 8.18. The van der Waals surface area contributed by atoms with Crippen molar-refractivity contribution in [1.29, 1.82) is 0 Å². The molecule has 1 aliphatic heterocycles. The number of hydrogen-bond acceptors (Lipinski definition) is 6. The summed E-state index contributed by atoms with van der Waals surface area (Å²) < 4.78 is 9.94. The average Bonchev–Trinajstić information content (AvgIpc) is 3.35. The van der Waals surface area contributed by atoms with Gasteiger partial charge in [-0.15, -0.1) is 0 Å². The number of imide groups is 1. The van der Waals surface area contributed by atoms with Gasteiger partial charge in [-0.25, -0.2) is 4.79 Å². The molecule has 7 heteroatoms. The maximum atomic E-state index is 12.7. The van der Waals surface area contributed by atoms with Gasteiger partial charge >= 0.3 is 5.97 Å². The highest BCUT2D eigenvalue weighted by Crippen LogP contribution is 2.33. The van der Waals surface area contributed by atoms with Crippen LogP contribution in [0.15, 0.2) is 76.1 Å². The number of carbonyl (C=O) groups excluding carboxylic acids is 3. The number of nitrogens with zero attached hydrogens (tertiary/aromatic N) is 1. The molecule has 0 N–H and O–H groups in total. The average molecular weight is 419 g/mol. The predicted octanol–water partition coefficient (Wildman–Crippen LogP) is 4.97. The fraction of sp³-hybridized carbons (Fsp3) is 0.0870. The first-order valence-electron chi connectivity index (χ1n) is 9.13. The van der Waals surface area contributed by atoms with E-state index in [1.54, 1.807) is 12.1 Å². The van der Waals surface area contributed by atoms with Gasteiger partial charge in [0.2, 0.25) is 5.76 Å². The van der Waals surface area contributed by atoms with Crippen LogP contribution in [0.25, 0.3) is 17.2 Å². The topological polar surface area (TPSA) is 76.8 Å². The molecule has 3 aromatic rings. The molecule has 0 bridgehead atoms. The number of amides is 2. The van der Waals surface area contributed by atoms with Crippen molar-refractivity contribution in [2.45, 2.75) is 6.54 Å². The van der Waals surface area contributed by atoms with Crippen molar-refractivity contribution in [3.63, 3.8) is 0 Å². The number of methoxy groups -OCH3 is 1. The minimum atomic E-state index is -0.616. The second kappa shape index (κ2) is 8.42. The van der Waals surface area contributed by atoms with E-state index >= 15 is 0 Å². The van der Waals surface area contributed by atoms with Crippen LogP contribution in [0.2, 0.25) is 0 Å². The lowest BCUT2D eigenvalue weighted by Gasteiger charge is -2.09. The summed E-state index contributed by atoms with van der Waals surface area (Å²) in [5, 5.41) is -0.386. The fourth-order valence-corrected chi connectivity index (χ4v) is 3.86. The third-order valence-corrected chi connectivity index (χ3v) is 5.46. The molecule has 0 spiro atoms. The standard InChI is InChI=1S/C23H17NO5S/c1-28-22(26)19-12-11-18(29-19)14-24-21(25)20(30-23(24)27)13-15-7-9-17(10-8-15)16-5-3-2-4-6-16/h2-13H,14H2,1H3. The Hall–Kier alpha value is -3.58. The van der Waals surface area contributed by atoms with Gasteiger partial charge in [0.15, 0.2) is 0 Å². The molecule has 6 nitrogen and oxygen atoms in total. The highest BCUT2D eigenvalue weighted by atomic mass is 32.2. The number of hydrogen-bond donors (Lipinski definition) is 0. The molecule has 1 saturated heterocycles. The molecule has 0 saturated carbocycles. The number of ether oxygens (including phenoxy) is 1. The summed E-state index contributed by atoms with van der Waals surface area (Å²) in [6, 6.07) is 20.7. The number of furan rings is 1. The van der Waals surface area contributed by atoms with Crippen LogP contribution in [0.1, 0.15) is 21.9 Å². The first kappa shape index (κ1) is 19.7. The number of rotatable bonds is 5. The van der Waals surface area contributed by atoms with Gasteiger partial charge in [0, 0.05) is 0 Å². The smallest absolute Gasteiger partial charge is 0.373 e. The Kier molecular flexibility index (Phi) is 5.54. The van der Waals surface area contributed by atoms with E-state index in [1.165, 1.54) is 13.2 Å². The summed E-state index contributed by atoms with van der Waals surface area (Å²) in [4.78, 5) is 37.9. The van der Waals surface area contributed by atoms with Crippen LogP contribution in [0.5, 0.6) is 0 Å². The minimum absolute atomic E-state index is 0.0218. The summed E-state index contributed by atoms with van der Waals surface area (Å²) in [7, 11) is 1.25. The fourth-order valence-electron chi connectivity index (χ4n) is 3.02. The van der Waals surface area contributed by atoms with E-state index in [1.807, 2.05) is 54.6 Å². The Morgan fingerprint density at radius 3 is 2.40 bits per heavy atom. The molecular weight excluding hydrogens is 402 g/mol. The second-order valence-corrected chi connectivity index (χ2v) is 7.51. The van der Waals surface area contributed by atoms with E-state index in [9.17, 15) is 14.4 Å². The highest BCUT2D eigenvalue weighted by Gasteiger charge is 2.35. The summed E-state index contributed by atoms with van der Waals surface area (Å²) in [5.74, 6) is -0.665. The number of benzene rings is 2. The lowest BCUT2D eigenvalue weighted by Crippen LogP contribution is -2.27. The van der Waals surface area contributed by atoms with E-state index in [0.717, 1.165) is 33.4 Å². The van der Waals surface area contributed by atoms with Crippen LogP contribution in [0.4, 0.5) is 4.79 Å². The largest absolute Gasteiger partial charge is 0.463 e. The van der Waals surface area contributed by atoms with E-state index in [0.29, 0.717) is 10.7 Å². The van der Waals surface area contributed by atoms with Gasteiger partial charge in [0.1, 0.15) is 5.76 Å². The van der Waals surface area contributed by atoms with E-state index < -0.39 is 11.9 Å². The third kappa shape index (κ3) is 4.06. The summed E-state index contributed by atoms with van der Waals surface area (Å²) in [5.41, 5.74) is 3.00. The van der Waals surface area contributed by atoms with Gasteiger partial charge in [-0.3, -0.25) is 14.5 Å². The van der Waals surface area contributed by atoms with Crippen LogP contribution in [0.3, 0.4) is 0 Å². The molecule has 4 rings (SSSR count). The summed E-state index contributed by atoms with van der Waals surface area (Å²) in [6.45, 7) is -0.0497. The molecule has 2 aromatic carbocycles. The first-order valence-corrected chi connectivity index (χ1v) is 9.94. The van der Waals surface area contributed by atoms with E-state index in [4.69, 9.17) is 4.42 Å². The van der Waals surface area contributed by atoms with Crippen molar-refractivity contribution in [2.24, 2.45) is 0 Å². The lowest BCUT2D eigenvalue weighted by molar-refractivity contribution is -0.123. The van der Waals surface area contributed by atoms with Crippen LogP contribution in [-0.4, -0.2) is 29.1 Å². The van der Waals surface area contributed by atoms with Gasteiger partial charge < -0.3 is 9.15 Å². The van der Waals surface area contributed by atoms with E-state index in [-0.39, 0.29) is 17.5 Å². The van der Waals surface area contributed by atoms with Crippen molar-refractivity contribution in [3.05, 3.63) is 88.7 Å². The number of carbonyl (C=O) groups is 3. The monoisotopic (exact) mass is 419 g/mol. The van der Waals surface area contributed by atoms with Crippen LogP contribution in [-0.2, 0) is 16.1 Å². The van der Waals surface area contributed by atoms with Crippen molar-refractivity contribution in [1.82, 2.24) is 4.90 Å². The summed E-state index contributed by atoms with van der Waals surface area (Å²) >= 11 is 0.879. The molecule has 2 heterocycles. The van der Waals surface area contributed by atoms with Gasteiger partial charge in [0.25, 0.3) is 11.1 Å². The lowest BCUT2D eigenvalue weighted by atomic mass is 10.0. The van der Waals surface area contributed by atoms with Crippen LogP contribution in [0, 0.1) is 0 Å². The van der Waals surface area contributed by atoms with Gasteiger partial charge in [-0.05, 0) is 46.7 Å². The molecule has 30 heavy (non-hydrogen) atoms. The number of thioether (sulfide) groups is 1. The van der Waals surface area contributed by atoms with Crippen molar-refractivity contribution >= 4 is 35.0 Å². The van der Waals surface area contributed by atoms with Gasteiger partial charge in [0.05, 0.1) is 18.6 Å². The van der Waals surface area contributed by atoms with Crippen molar-refractivity contribution in [3.8, 4) is 11.1 Å². The third-order valence-electron chi connectivity index (χ3n) is 4.55.